The van der Waals surface area contributed by atoms with Gasteiger partial charge in [0.15, 0.2) is 0 Å². The Morgan fingerprint density at radius 3 is 2.88 bits per heavy atom. The van der Waals surface area contributed by atoms with Crippen molar-refractivity contribution in [2.24, 2.45) is 7.05 Å². The van der Waals surface area contributed by atoms with Gasteiger partial charge in [-0.25, -0.2) is 8.42 Å². The highest BCUT2D eigenvalue weighted by Crippen LogP contribution is 2.29. The van der Waals surface area contributed by atoms with Crippen LogP contribution in [0.3, 0.4) is 0 Å². The first-order chi connectivity index (χ1) is 12.1. The Hall–Kier alpha value is -1.90. The Bertz CT molecular complexity index is 957. The Morgan fingerprint density at radius 2 is 2.16 bits per heavy atom. The first kappa shape index (κ1) is 16.6. The van der Waals surface area contributed by atoms with E-state index in [-0.39, 0.29) is 13.1 Å². The standard InChI is InChI=1S/C17H19N3O3S2/c1-19-16-7-2-6-14(16)15(18-19)12-20(11-13-5-3-9-23-13)25(21,22)17-8-4-10-24-17/h3-5,8-10H,2,6-7,11-12H2,1H3. The molecule has 1 aliphatic rings. The van der Waals surface area contributed by atoms with E-state index in [1.807, 2.05) is 11.7 Å². The molecule has 4 rings (SSSR count). The van der Waals surface area contributed by atoms with Crippen LogP contribution in [-0.2, 0) is 43.0 Å². The van der Waals surface area contributed by atoms with Gasteiger partial charge in [-0.1, -0.05) is 6.07 Å². The topological polar surface area (TPSA) is 68.3 Å². The second-order valence-corrected chi connectivity index (χ2v) is 9.25. The molecule has 1 aliphatic carbocycles. The highest BCUT2D eigenvalue weighted by atomic mass is 32.2. The average molecular weight is 377 g/mol. The predicted molar refractivity (Wildman–Crippen MR) is 94.7 cm³/mol. The molecule has 0 aromatic carbocycles. The first-order valence-electron chi connectivity index (χ1n) is 8.15. The molecule has 3 heterocycles. The third-order valence-electron chi connectivity index (χ3n) is 4.53. The van der Waals surface area contributed by atoms with Gasteiger partial charge in [-0.2, -0.15) is 9.40 Å². The van der Waals surface area contributed by atoms with Crippen molar-refractivity contribution >= 4 is 21.4 Å². The van der Waals surface area contributed by atoms with E-state index in [0.29, 0.717) is 9.97 Å². The number of hydrogen-bond acceptors (Lipinski definition) is 5. The molecule has 6 nitrogen and oxygen atoms in total. The maximum Gasteiger partial charge on any atom is 0.253 e. The number of furan rings is 1. The predicted octanol–water partition coefficient (Wildman–Crippen LogP) is 2.95. The largest absolute Gasteiger partial charge is 0.468 e. The highest BCUT2D eigenvalue weighted by Gasteiger charge is 2.30. The molecule has 0 saturated heterocycles. The van der Waals surface area contributed by atoms with Crippen molar-refractivity contribution in [1.82, 2.24) is 14.1 Å². The van der Waals surface area contributed by atoms with Crippen LogP contribution in [0.25, 0.3) is 0 Å². The lowest BCUT2D eigenvalue weighted by Gasteiger charge is -2.20. The minimum Gasteiger partial charge on any atom is -0.468 e. The van der Waals surface area contributed by atoms with Crippen LogP contribution in [0.4, 0.5) is 0 Å². The minimum atomic E-state index is -3.60. The Morgan fingerprint density at radius 1 is 1.28 bits per heavy atom. The molecule has 0 N–H and O–H groups in total. The van der Waals surface area contributed by atoms with E-state index in [4.69, 9.17) is 4.42 Å². The van der Waals surface area contributed by atoms with Gasteiger partial charge in [0.05, 0.1) is 25.0 Å². The van der Waals surface area contributed by atoms with Crippen molar-refractivity contribution in [3.05, 3.63) is 58.6 Å². The summed E-state index contributed by atoms with van der Waals surface area (Å²) in [6, 6.07) is 6.95. The summed E-state index contributed by atoms with van der Waals surface area (Å²) in [5.41, 5.74) is 3.27. The summed E-state index contributed by atoms with van der Waals surface area (Å²) in [6.45, 7) is 0.447. The van der Waals surface area contributed by atoms with Gasteiger partial charge in [-0.15, -0.1) is 11.3 Å². The van der Waals surface area contributed by atoms with Gasteiger partial charge in [0.1, 0.15) is 9.97 Å². The van der Waals surface area contributed by atoms with Crippen LogP contribution in [0.2, 0.25) is 0 Å². The summed E-state index contributed by atoms with van der Waals surface area (Å²) in [5.74, 6) is 0.618. The van der Waals surface area contributed by atoms with Crippen LogP contribution < -0.4 is 0 Å². The van der Waals surface area contributed by atoms with E-state index in [1.54, 1.807) is 35.9 Å². The number of sulfonamides is 1. The molecule has 25 heavy (non-hydrogen) atoms. The van der Waals surface area contributed by atoms with Crippen molar-refractivity contribution in [1.29, 1.82) is 0 Å². The van der Waals surface area contributed by atoms with Crippen molar-refractivity contribution in [3.63, 3.8) is 0 Å². The fourth-order valence-corrected chi connectivity index (χ4v) is 5.84. The summed E-state index contributed by atoms with van der Waals surface area (Å²) in [4.78, 5) is 0. The zero-order valence-corrected chi connectivity index (χ0v) is 15.5. The molecule has 8 heteroatoms. The fourth-order valence-electron chi connectivity index (χ4n) is 3.33. The molecular formula is C17H19N3O3S2. The molecule has 132 valence electrons. The zero-order chi connectivity index (χ0) is 17.4. The van der Waals surface area contributed by atoms with Crippen LogP contribution in [-0.4, -0.2) is 22.5 Å². The average Bonchev–Trinajstić information content (AvgIpc) is 3.36. The van der Waals surface area contributed by atoms with Crippen LogP contribution in [0, 0.1) is 0 Å². The molecule has 0 spiro atoms. The van der Waals surface area contributed by atoms with Gasteiger partial charge in [0.25, 0.3) is 10.0 Å². The van der Waals surface area contributed by atoms with Gasteiger partial charge in [0, 0.05) is 12.7 Å². The molecule has 0 amide bonds. The normalized spacial score (nSPS) is 14.3. The maximum absolute atomic E-state index is 13.1. The minimum absolute atomic E-state index is 0.193. The third-order valence-corrected chi connectivity index (χ3v) is 7.69. The highest BCUT2D eigenvalue weighted by molar-refractivity contribution is 7.91. The molecule has 0 atom stereocenters. The Labute approximate surface area is 150 Å². The Balaban J connectivity index is 1.70. The fraction of sp³-hybridized carbons (Fsp3) is 0.353. The molecule has 0 fully saturated rings. The van der Waals surface area contributed by atoms with Gasteiger partial charge in [-0.05, 0) is 48.4 Å². The van der Waals surface area contributed by atoms with E-state index in [9.17, 15) is 8.42 Å². The van der Waals surface area contributed by atoms with Crippen molar-refractivity contribution in [3.8, 4) is 0 Å². The van der Waals surface area contributed by atoms with E-state index in [0.717, 1.165) is 25.0 Å². The number of nitrogens with zero attached hydrogens (tertiary/aromatic N) is 3. The summed E-state index contributed by atoms with van der Waals surface area (Å²) in [5, 5.41) is 6.35. The second kappa shape index (κ2) is 6.44. The lowest BCUT2D eigenvalue weighted by Crippen LogP contribution is -2.30. The van der Waals surface area contributed by atoms with Crippen LogP contribution >= 0.6 is 11.3 Å². The number of aromatic nitrogens is 2. The van der Waals surface area contributed by atoms with Crippen molar-refractivity contribution in [2.45, 2.75) is 36.6 Å². The van der Waals surface area contributed by atoms with Gasteiger partial charge in [0.2, 0.25) is 0 Å². The molecule has 0 unspecified atom stereocenters. The van der Waals surface area contributed by atoms with Crippen LogP contribution in [0.5, 0.6) is 0 Å². The molecule has 0 radical (unpaired) electrons. The van der Waals surface area contributed by atoms with E-state index < -0.39 is 10.0 Å². The molecule has 3 aromatic heterocycles. The summed E-state index contributed by atoms with van der Waals surface area (Å²) >= 11 is 1.23. The smallest absolute Gasteiger partial charge is 0.253 e. The number of hydrogen-bond donors (Lipinski definition) is 0. The van der Waals surface area contributed by atoms with E-state index in [1.165, 1.54) is 26.9 Å². The van der Waals surface area contributed by atoms with Gasteiger partial charge in [-0.3, -0.25) is 4.68 Å². The van der Waals surface area contributed by atoms with Crippen molar-refractivity contribution < 1.29 is 12.8 Å². The molecule has 3 aromatic rings. The number of fused-ring (bicyclic) bond motifs is 1. The maximum atomic E-state index is 13.1. The lowest BCUT2D eigenvalue weighted by atomic mass is 10.2. The van der Waals surface area contributed by atoms with Gasteiger partial charge < -0.3 is 4.42 Å². The molecule has 0 bridgehead atoms. The van der Waals surface area contributed by atoms with E-state index >= 15 is 0 Å². The van der Waals surface area contributed by atoms with Crippen LogP contribution in [0.1, 0.15) is 29.1 Å². The second-order valence-electron chi connectivity index (χ2n) is 6.13. The Kier molecular flexibility index (Phi) is 4.26. The third kappa shape index (κ3) is 3.05. The SMILES string of the molecule is Cn1nc(CN(Cc2ccco2)S(=O)(=O)c2cccs2)c2c1CCC2. The molecule has 0 saturated carbocycles. The summed E-state index contributed by atoms with van der Waals surface area (Å²) < 4.78 is 35.3. The van der Waals surface area contributed by atoms with Crippen LogP contribution in [0.15, 0.2) is 44.5 Å². The number of rotatable bonds is 6. The zero-order valence-electron chi connectivity index (χ0n) is 13.9. The van der Waals surface area contributed by atoms with Gasteiger partial charge >= 0.3 is 0 Å². The summed E-state index contributed by atoms with van der Waals surface area (Å²) in [7, 11) is -1.67. The molecule has 0 aliphatic heterocycles. The number of aryl methyl sites for hydroxylation is 1. The summed E-state index contributed by atoms with van der Waals surface area (Å²) in [6.07, 6.45) is 4.63. The monoisotopic (exact) mass is 377 g/mol. The molecular weight excluding hydrogens is 358 g/mol. The first-order valence-corrected chi connectivity index (χ1v) is 10.5. The van der Waals surface area contributed by atoms with E-state index in [2.05, 4.69) is 5.10 Å². The van der Waals surface area contributed by atoms with Crippen molar-refractivity contribution in [2.75, 3.05) is 0 Å². The lowest BCUT2D eigenvalue weighted by molar-refractivity contribution is 0.354. The number of thiophene rings is 1. The quantitative estimate of drug-likeness (QED) is 0.662.